The van der Waals surface area contributed by atoms with Gasteiger partial charge in [0.1, 0.15) is 6.04 Å². The summed E-state index contributed by atoms with van der Waals surface area (Å²) in [6.45, 7) is 0.623. The van der Waals surface area contributed by atoms with Crippen LogP contribution in [0, 0.1) is 5.92 Å². The van der Waals surface area contributed by atoms with Gasteiger partial charge in [0.05, 0.1) is 0 Å². The molecule has 1 aliphatic heterocycles. The molecule has 94 valence electrons. The molecule has 4 N–H and O–H groups in total. The zero-order valence-electron chi connectivity index (χ0n) is 9.00. The van der Waals surface area contributed by atoms with E-state index >= 15 is 0 Å². The third-order valence-corrected chi connectivity index (χ3v) is 3.78. The van der Waals surface area contributed by atoms with Crippen LogP contribution in [0.1, 0.15) is 25.7 Å². The molecule has 1 rings (SSSR count). The van der Waals surface area contributed by atoms with E-state index < -0.39 is 19.6 Å². The van der Waals surface area contributed by atoms with Gasteiger partial charge in [0, 0.05) is 6.16 Å². The molecule has 0 radical (unpaired) electrons. The number of hydrogen-bond donors (Lipinski definition) is 4. The van der Waals surface area contributed by atoms with Crippen molar-refractivity contribution in [3.05, 3.63) is 0 Å². The van der Waals surface area contributed by atoms with Crippen LogP contribution >= 0.6 is 7.60 Å². The van der Waals surface area contributed by atoms with Gasteiger partial charge in [-0.2, -0.15) is 0 Å². The fraction of sp³-hybridized carbons (Fsp3) is 0.889. The average molecular weight is 251 g/mol. The molecule has 2 unspecified atom stereocenters. The Labute approximate surface area is 94.2 Å². The topological polar surface area (TPSA) is 107 Å². The smallest absolute Gasteiger partial charge is 0.325 e. The summed E-state index contributed by atoms with van der Waals surface area (Å²) >= 11 is 0. The van der Waals surface area contributed by atoms with E-state index in [-0.39, 0.29) is 6.16 Å². The van der Waals surface area contributed by atoms with E-state index in [2.05, 4.69) is 5.32 Å². The van der Waals surface area contributed by atoms with Crippen molar-refractivity contribution in [3.8, 4) is 0 Å². The van der Waals surface area contributed by atoms with Crippen LogP contribution in [0.4, 0.5) is 0 Å². The van der Waals surface area contributed by atoms with Gasteiger partial charge in [-0.05, 0) is 38.1 Å². The van der Waals surface area contributed by atoms with Crippen molar-refractivity contribution in [2.45, 2.75) is 31.7 Å². The number of rotatable bonds is 5. The van der Waals surface area contributed by atoms with Gasteiger partial charge in [0.2, 0.25) is 0 Å². The Morgan fingerprint density at radius 1 is 1.38 bits per heavy atom. The van der Waals surface area contributed by atoms with E-state index in [4.69, 9.17) is 14.9 Å². The predicted molar refractivity (Wildman–Crippen MR) is 58.3 cm³/mol. The van der Waals surface area contributed by atoms with E-state index in [0.717, 1.165) is 12.8 Å². The molecule has 1 saturated heterocycles. The van der Waals surface area contributed by atoms with Gasteiger partial charge in [0.25, 0.3) is 0 Å². The van der Waals surface area contributed by atoms with E-state index in [0.29, 0.717) is 25.3 Å². The molecule has 1 aliphatic rings. The first-order valence-corrected chi connectivity index (χ1v) is 7.19. The summed E-state index contributed by atoms with van der Waals surface area (Å²) in [6.07, 6.45) is 2.56. The first-order valence-electron chi connectivity index (χ1n) is 5.39. The minimum Gasteiger partial charge on any atom is -0.480 e. The minimum atomic E-state index is -3.88. The van der Waals surface area contributed by atoms with Crippen molar-refractivity contribution in [1.82, 2.24) is 5.32 Å². The number of carboxylic acids is 1. The van der Waals surface area contributed by atoms with Crippen molar-refractivity contribution in [2.75, 3.05) is 12.7 Å². The summed E-state index contributed by atoms with van der Waals surface area (Å²) in [5.74, 6) is -0.490. The molecule has 2 atom stereocenters. The molecular weight excluding hydrogens is 233 g/mol. The number of carbonyl (C=O) groups is 1. The molecule has 1 fully saturated rings. The number of hydrogen-bond acceptors (Lipinski definition) is 3. The van der Waals surface area contributed by atoms with Crippen molar-refractivity contribution in [3.63, 3.8) is 0 Å². The molecule has 0 spiro atoms. The summed E-state index contributed by atoms with van der Waals surface area (Å²) in [5.41, 5.74) is 0. The molecule has 1 heterocycles. The number of aliphatic carboxylic acids is 1. The standard InChI is InChI=1S/C9H18NO5P/c11-9(12)8-4-3-7(6-10-8)2-1-5-16(13,14)15/h7-8,10H,1-6H2,(H,11,12)(H2,13,14,15). The zero-order valence-corrected chi connectivity index (χ0v) is 9.90. The zero-order chi connectivity index (χ0) is 12.2. The van der Waals surface area contributed by atoms with Gasteiger partial charge in [0.15, 0.2) is 0 Å². The molecule has 16 heavy (non-hydrogen) atoms. The van der Waals surface area contributed by atoms with Crippen LogP contribution in [0.2, 0.25) is 0 Å². The molecule has 0 saturated carbocycles. The Hall–Kier alpha value is -0.420. The maximum absolute atomic E-state index is 10.6. The second-order valence-corrected chi connectivity index (χ2v) is 6.05. The first-order chi connectivity index (χ1) is 7.38. The molecule has 0 aromatic carbocycles. The van der Waals surface area contributed by atoms with Crippen LogP contribution in [0.5, 0.6) is 0 Å². The van der Waals surface area contributed by atoms with Gasteiger partial charge >= 0.3 is 13.6 Å². The maximum atomic E-state index is 10.6. The number of carboxylic acid groups (broad SMARTS) is 1. The second-order valence-electron chi connectivity index (χ2n) is 4.27. The van der Waals surface area contributed by atoms with E-state index in [1.165, 1.54) is 0 Å². The molecule has 0 amide bonds. The monoisotopic (exact) mass is 251 g/mol. The van der Waals surface area contributed by atoms with Crippen LogP contribution in [0.25, 0.3) is 0 Å². The average Bonchev–Trinajstić information content (AvgIpc) is 2.16. The van der Waals surface area contributed by atoms with Gasteiger partial charge in [-0.25, -0.2) is 0 Å². The van der Waals surface area contributed by atoms with Crippen molar-refractivity contribution in [1.29, 1.82) is 0 Å². The molecule has 0 aromatic rings. The number of piperidine rings is 1. The summed E-state index contributed by atoms with van der Waals surface area (Å²) in [7, 11) is -3.88. The molecule has 0 aromatic heterocycles. The van der Waals surface area contributed by atoms with Crippen LogP contribution in [-0.2, 0) is 9.36 Å². The summed E-state index contributed by atoms with van der Waals surface area (Å²) < 4.78 is 10.6. The maximum Gasteiger partial charge on any atom is 0.325 e. The molecular formula is C9H18NO5P. The Morgan fingerprint density at radius 3 is 2.50 bits per heavy atom. The SMILES string of the molecule is O=C(O)C1CCC(CCCP(=O)(O)O)CN1. The van der Waals surface area contributed by atoms with Crippen LogP contribution in [0.15, 0.2) is 0 Å². The Kier molecular flexibility index (Phi) is 4.92. The van der Waals surface area contributed by atoms with Gasteiger partial charge in [-0.1, -0.05) is 0 Å². The second kappa shape index (κ2) is 5.77. The van der Waals surface area contributed by atoms with Gasteiger partial charge in [-0.15, -0.1) is 0 Å². The highest BCUT2D eigenvalue weighted by Gasteiger charge is 2.25. The third-order valence-electron chi connectivity index (χ3n) is 2.88. The highest BCUT2D eigenvalue weighted by Crippen LogP contribution is 2.36. The lowest BCUT2D eigenvalue weighted by atomic mass is 9.91. The highest BCUT2D eigenvalue weighted by atomic mass is 31.2. The Balaban J connectivity index is 2.18. The number of nitrogens with one attached hydrogen (secondary N) is 1. The van der Waals surface area contributed by atoms with Crippen LogP contribution in [0.3, 0.4) is 0 Å². The highest BCUT2D eigenvalue weighted by molar-refractivity contribution is 7.51. The lowest BCUT2D eigenvalue weighted by molar-refractivity contribution is -0.140. The largest absolute Gasteiger partial charge is 0.480 e. The summed E-state index contributed by atoms with van der Waals surface area (Å²) in [4.78, 5) is 28.0. The first kappa shape index (κ1) is 13.6. The van der Waals surface area contributed by atoms with Crippen LogP contribution < -0.4 is 5.32 Å². The lowest BCUT2D eigenvalue weighted by Crippen LogP contribution is -2.43. The van der Waals surface area contributed by atoms with Crippen molar-refractivity contribution < 1.29 is 24.3 Å². The van der Waals surface area contributed by atoms with Crippen molar-refractivity contribution >= 4 is 13.6 Å². The molecule has 0 aliphatic carbocycles. The fourth-order valence-corrected chi connectivity index (χ4v) is 2.55. The minimum absolute atomic E-state index is 0.0775. The predicted octanol–water partition coefficient (Wildman–Crippen LogP) is 0.397. The third kappa shape index (κ3) is 5.07. The normalized spacial score (nSPS) is 26.6. The quantitative estimate of drug-likeness (QED) is 0.527. The Bertz CT molecular complexity index is 282. The summed E-state index contributed by atoms with van der Waals surface area (Å²) in [6, 6.07) is -0.460. The van der Waals surface area contributed by atoms with Gasteiger partial charge in [-0.3, -0.25) is 9.36 Å². The lowest BCUT2D eigenvalue weighted by Gasteiger charge is -2.27. The molecule has 0 bridgehead atoms. The van der Waals surface area contributed by atoms with Crippen molar-refractivity contribution in [2.24, 2.45) is 5.92 Å². The molecule has 6 nitrogen and oxygen atoms in total. The summed E-state index contributed by atoms with van der Waals surface area (Å²) in [5, 5.41) is 11.7. The van der Waals surface area contributed by atoms with Crippen LogP contribution in [-0.4, -0.2) is 39.6 Å². The van der Waals surface area contributed by atoms with E-state index in [1.807, 2.05) is 0 Å². The van der Waals surface area contributed by atoms with E-state index in [9.17, 15) is 9.36 Å². The van der Waals surface area contributed by atoms with E-state index in [1.54, 1.807) is 0 Å². The molecule has 7 heteroatoms. The fourth-order valence-electron chi connectivity index (χ4n) is 1.96. The Morgan fingerprint density at radius 2 is 2.06 bits per heavy atom. The van der Waals surface area contributed by atoms with Gasteiger partial charge < -0.3 is 20.2 Å².